The van der Waals surface area contributed by atoms with Gasteiger partial charge in [-0.3, -0.25) is 5.43 Å². The van der Waals surface area contributed by atoms with E-state index in [0.29, 0.717) is 16.4 Å². The Bertz CT molecular complexity index is 913. The summed E-state index contributed by atoms with van der Waals surface area (Å²) in [6, 6.07) is 9.50. The van der Waals surface area contributed by atoms with Crippen molar-refractivity contribution in [2.45, 2.75) is 0 Å². The van der Waals surface area contributed by atoms with Crippen LogP contribution in [0.4, 0.5) is 9.52 Å². The third-order valence-electron chi connectivity index (χ3n) is 3.30. The number of hydrogen-bond donors (Lipinski definition) is 2. The van der Waals surface area contributed by atoms with E-state index in [-0.39, 0.29) is 11.6 Å². The number of ether oxygens (including phenoxy) is 1. The maximum atomic E-state index is 13.0. The van der Waals surface area contributed by atoms with E-state index in [0.717, 1.165) is 15.7 Å². The van der Waals surface area contributed by atoms with Gasteiger partial charge < -0.3 is 9.84 Å². The number of methoxy groups -OCH3 is 1. The van der Waals surface area contributed by atoms with Crippen molar-refractivity contribution < 1.29 is 14.2 Å². The van der Waals surface area contributed by atoms with Crippen molar-refractivity contribution in [3.8, 4) is 22.8 Å². The number of phenolic OH excluding ortho intramolecular Hbond substituents is 1. The molecule has 128 valence electrons. The summed E-state index contributed by atoms with van der Waals surface area (Å²) in [6.07, 6.45) is 1.47. The van der Waals surface area contributed by atoms with Crippen LogP contribution in [-0.2, 0) is 0 Å². The molecular weight excluding hydrogens is 409 g/mol. The fraction of sp³-hybridized carbons (Fsp3) is 0.0588. The van der Waals surface area contributed by atoms with Crippen LogP contribution in [0.5, 0.6) is 11.5 Å². The van der Waals surface area contributed by atoms with Crippen LogP contribution in [0.15, 0.2) is 51.4 Å². The maximum absolute atomic E-state index is 13.0. The van der Waals surface area contributed by atoms with Gasteiger partial charge in [-0.1, -0.05) is 15.9 Å². The highest BCUT2D eigenvalue weighted by Crippen LogP contribution is 2.32. The summed E-state index contributed by atoms with van der Waals surface area (Å²) in [5, 5.41) is 16.6. The van der Waals surface area contributed by atoms with Crippen LogP contribution in [0.3, 0.4) is 0 Å². The Morgan fingerprint density at radius 1 is 1.32 bits per heavy atom. The van der Waals surface area contributed by atoms with Crippen molar-refractivity contribution in [2.24, 2.45) is 5.10 Å². The number of phenols is 1. The van der Waals surface area contributed by atoms with Gasteiger partial charge in [-0.25, -0.2) is 9.37 Å². The summed E-state index contributed by atoms with van der Waals surface area (Å²) in [4.78, 5) is 4.39. The zero-order valence-electron chi connectivity index (χ0n) is 13.0. The van der Waals surface area contributed by atoms with Crippen LogP contribution in [0.25, 0.3) is 11.3 Å². The Morgan fingerprint density at radius 3 is 2.80 bits per heavy atom. The molecule has 0 aliphatic rings. The smallest absolute Gasteiger partial charge is 0.203 e. The molecule has 0 radical (unpaired) electrons. The van der Waals surface area contributed by atoms with Crippen molar-refractivity contribution in [3.63, 3.8) is 0 Å². The second-order valence-corrected chi connectivity index (χ2v) is 6.73. The summed E-state index contributed by atoms with van der Waals surface area (Å²) in [7, 11) is 1.48. The Morgan fingerprint density at radius 2 is 2.08 bits per heavy atom. The first-order chi connectivity index (χ1) is 12.1. The highest BCUT2D eigenvalue weighted by Gasteiger charge is 2.08. The molecule has 0 atom stereocenters. The van der Waals surface area contributed by atoms with E-state index in [1.165, 1.54) is 36.8 Å². The van der Waals surface area contributed by atoms with Gasteiger partial charge in [0.25, 0.3) is 0 Å². The molecule has 3 aromatic rings. The number of benzene rings is 2. The predicted octanol–water partition coefficient (Wildman–Crippen LogP) is 4.87. The van der Waals surface area contributed by atoms with E-state index in [4.69, 9.17) is 4.74 Å². The number of thiazole rings is 1. The molecule has 0 aliphatic carbocycles. The van der Waals surface area contributed by atoms with Crippen LogP contribution in [0.1, 0.15) is 5.56 Å². The van der Waals surface area contributed by atoms with Crippen LogP contribution < -0.4 is 10.2 Å². The summed E-state index contributed by atoms with van der Waals surface area (Å²) in [5.74, 6) is 0.0669. The van der Waals surface area contributed by atoms with Crippen LogP contribution in [0.2, 0.25) is 0 Å². The van der Waals surface area contributed by atoms with E-state index in [1.807, 2.05) is 5.38 Å². The molecule has 5 nitrogen and oxygen atoms in total. The van der Waals surface area contributed by atoms with Crippen LogP contribution in [0, 0.1) is 5.82 Å². The first-order valence-corrected chi connectivity index (χ1v) is 8.81. The van der Waals surface area contributed by atoms with Gasteiger partial charge in [-0.15, -0.1) is 11.3 Å². The molecule has 0 aliphatic heterocycles. The van der Waals surface area contributed by atoms with Gasteiger partial charge in [-0.05, 0) is 36.4 Å². The Kier molecular flexibility index (Phi) is 5.30. The van der Waals surface area contributed by atoms with Crippen molar-refractivity contribution in [2.75, 3.05) is 12.5 Å². The molecular formula is C17H13BrFN3O2S. The highest BCUT2D eigenvalue weighted by atomic mass is 79.9. The molecule has 0 saturated heterocycles. The molecule has 0 saturated carbocycles. The number of hydrazone groups is 1. The van der Waals surface area contributed by atoms with Crippen molar-refractivity contribution in [1.82, 2.24) is 4.98 Å². The van der Waals surface area contributed by atoms with Gasteiger partial charge in [0.05, 0.1) is 19.0 Å². The first kappa shape index (κ1) is 17.4. The lowest BCUT2D eigenvalue weighted by Gasteiger charge is -2.06. The normalized spacial score (nSPS) is 11.0. The molecule has 3 rings (SSSR count). The Hall–Kier alpha value is -2.45. The maximum Gasteiger partial charge on any atom is 0.203 e. The summed E-state index contributed by atoms with van der Waals surface area (Å²) in [6.45, 7) is 0. The Labute approximate surface area is 155 Å². The highest BCUT2D eigenvalue weighted by molar-refractivity contribution is 9.10. The average Bonchev–Trinajstić information content (AvgIpc) is 3.07. The van der Waals surface area contributed by atoms with Crippen molar-refractivity contribution in [1.29, 1.82) is 0 Å². The number of aromatic nitrogens is 1. The number of halogens is 2. The molecule has 1 aromatic heterocycles. The van der Waals surface area contributed by atoms with E-state index in [2.05, 4.69) is 31.4 Å². The van der Waals surface area contributed by atoms with Gasteiger partial charge in [0.1, 0.15) is 5.82 Å². The van der Waals surface area contributed by atoms with Gasteiger partial charge in [0, 0.05) is 21.0 Å². The topological polar surface area (TPSA) is 66.7 Å². The predicted molar refractivity (Wildman–Crippen MR) is 101 cm³/mol. The number of aromatic hydroxyl groups is 1. The molecule has 25 heavy (non-hydrogen) atoms. The van der Waals surface area contributed by atoms with Gasteiger partial charge >= 0.3 is 0 Å². The van der Waals surface area contributed by atoms with Crippen LogP contribution >= 0.6 is 27.3 Å². The molecule has 0 fully saturated rings. The number of hydrogen-bond acceptors (Lipinski definition) is 6. The van der Waals surface area contributed by atoms with E-state index in [1.54, 1.807) is 24.3 Å². The van der Waals surface area contributed by atoms with Gasteiger partial charge in [0.2, 0.25) is 5.13 Å². The number of nitrogens with one attached hydrogen (secondary N) is 1. The molecule has 1 heterocycles. The van der Waals surface area contributed by atoms with E-state index >= 15 is 0 Å². The molecule has 0 bridgehead atoms. The van der Waals surface area contributed by atoms with Gasteiger partial charge in [-0.2, -0.15) is 5.10 Å². The number of anilines is 1. The number of nitrogens with zero attached hydrogens (tertiary/aromatic N) is 2. The quantitative estimate of drug-likeness (QED) is 0.455. The lowest BCUT2D eigenvalue weighted by molar-refractivity contribution is 0.373. The standard InChI is InChI=1S/C17H13BrFN3O2S/c1-24-15-7-12(18)6-11(16(15)23)8-20-22-17-21-14(9-25-17)10-2-4-13(19)5-3-10/h2-9,23H,1H3,(H,21,22)/b20-8+. The van der Waals surface area contributed by atoms with Crippen molar-refractivity contribution >= 4 is 38.6 Å². The third-order valence-corrected chi connectivity index (χ3v) is 4.50. The minimum absolute atomic E-state index is 0.00221. The van der Waals surface area contributed by atoms with Gasteiger partial charge in [0.15, 0.2) is 11.5 Å². The monoisotopic (exact) mass is 421 g/mol. The van der Waals surface area contributed by atoms with E-state index in [9.17, 15) is 9.50 Å². The lowest BCUT2D eigenvalue weighted by atomic mass is 10.2. The zero-order valence-corrected chi connectivity index (χ0v) is 15.4. The molecule has 8 heteroatoms. The molecule has 2 N–H and O–H groups in total. The largest absolute Gasteiger partial charge is 0.504 e. The number of rotatable bonds is 5. The average molecular weight is 422 g/mol. The molecule has 0 unspecified atom stereocenters. The molecule has 0 amide bonds. The summed E-state index contributed by atoms with van der Waals surface area (Å²) >= 11 is 4.72. The van der Waals surface area contributed by atoms with Crippen LogP contribution in [-0.4, -0.2) is 23.4 Å². The molecule has 2 aromatic carbocycles. The zero-order chi connectivity index (χ0) is 17.8. The second kappa shape index (κ2) is 7.62. The van der Waals surface area contributed by atoms with E-state index < -0.39 is 0 Å². The second-order valence-electron chi connectivity index (χ2n) is 4.96. The van der Waals surface area contributed by atoms with Crippen molar-refractivity contribution in [3.05, 3.63) is 57.6 Å². The SMILES string of the molecule is COc1cc(Br)cc(/C=N/Nc2nc(-c3ccc(F)cc3)cs2)c1O. The minimum Gasteiger partial charge on any atom is -0.504 e. The first-order valence-electron chi connectivity index (χ1n) is 7.14. The minimum atomic E-state index is -0.286. The Balaban J connectivity index is 1.73. The fourth-order valence-electron chi connectivity index (χ4n) is 2.08. The summed E-state index contributed by atoms with van der Waals surface area (Å²) in [5.41, 5.74) is 4.86. The lowest BCUT2D eigenvalue weighted by Crippen LogP contribution is -1.93. The summed E-state index contributed by atoms with van der Waals surface area (Å²) < 4.78 is 18.8. The third kappa shape index (κ3) is 4.15. The fourth-order valence-corrected chi connectivity index (χ4v) is 3.21. The molecule has 0 spiro atoms.